The lowest BCUT2D eigenvalue weighted by atomic mass is 9.79. The first-order valence-corrected chi connectivity index (χ1v) is 4.32. The number of halogens is 1. The van der Waals surface area contributed by atoms with E-state index in [2.05, 4.69) is 0 Å². The van der Waals surface area contributed by atoms with Crippen LogP contribution in [0, 0.1) is 0 Å². The smallest absolute Gasteiger partial charge is 0.478 e. The Balaban J connectivity index is 2.57. The molecule has 0 atom stereocenters. The predicted octanol–water partition coefficient (Wildman–Crippen LogP) is 0.256. The molecule has 6 heteroatoms. The van der Waals surface area contributed by atoms with Crippen LogP contribution in [0.5, 0.6) is 0 Å². The Labute approximate surface area is 85.2 Å². The fraction of sp³-hybridized carbons (Fsp3) is 0.125. The Kier molecular flexibility index (Phi) is 2.22. The van der Waals surface area contributed by atoms with E-state index in [0.29, 0.717) is 5.46 Å². The molecular formula is C8H6BClO4. The van der Waals surface area contributed by atoms with E-state index in [4.69, 9.17) is 21.4 Å². The van der Waals surface area contributed by atoms with Crippen molar-refractivity contribution in [2.75, 3.05) is 0 Å². The normalized spacial score (nSPS) is 14.3. The molecule has 0 unspecified atom stereocenters. The Hall–Kier alpha value is -1.04. The molecule has 0 amide bonds. The molecule has 0 saturated carbocycles. The second-order valence-corrected chi connectivity index (χ2v) is 3.41. The molecule has 0 saturated heterocycles. The number of fused-ring (bicyclic) bond motifs is 1. The number of hydrogen-bond acceptors (Lipinski definition) is 3. The lowest BCUT2D eigenvalue weighted by Gasteiger charge is -2.02. The summed E-state index contributed by atoms with van der Waals surface area (Å²) in [5, 5.41) is 18.3. The van der Waals surface area contributed by atoms with Gasteiger partial charge in [0, 0.05) is 0 Å². The van der Waals surface area contributed by atoms with Crippen LogP contribution in [0.3, 0.4) is 0 Å². The van der Waals surface area contributed by atoms with Gasteiger partial charge in [0.15, 0.2) is 0 Å². The summed E-state index contributed by atoms with van der Waals surface area (Å²) in [7, 11) is -1.04. The molecule has 2 rings (SSSR count). The maximum absolute atomic E-state index is 10.7. The van der Waals surface area contributed by atoms with Crippen molar-refractivity contribution in [3.63, 3.8) is 0 Å². The number of carboxylic acids is 1. The molecule has 0 aromatic heterocycles. The highest BCUT2D eigenvalue weighted by Gasteiger charge is 2.29. The Morgan fingerprint density at radius 2 is 2.29 bits per heavy atom. The molecule has 0 spiro atoms. The number of hydrogen-bond donors (Lipinski definition) is 2. The molecule has 0 fully saturated rings. The summed E-state index contributed by atoms with van der Waals surface area (Å²) in [6.07, 6.45) is 0. The molecule has 0 aliphatic carbocycles. The molecular weight excluding hydrogens is 206 g/mol. The van der Waals surface area contributed by atoms with E-state index in [9.17, 15) is 9.82 Å². The highest BCUT2D eigenvalue weighted by molar-refractivity contribution is 6.61. The summed E-state index contributed by atoms with van der Waals surface area (Å²) >= 11 is 5.73. The second kappa shape index (κ2) is 3.27. The molecule has 72 valence electrons. The molecule has 4 nitrogen and oxygen atoms in total. The van der Waals surface area contributed by atoms with Gasteiger partial charge in [-0.1, -0.05) is 11.6 Å². The van der Waals surface area contributed by atoms with Crippen LogP contribution in [0.1, 0.15) is 15.9 Å². The fourth-order valence-corrected chi connectivity index (χ4v) is 1.68. The van der Waals surface area contributed by atoms with Crippen LogP contribution in [-0.2, 0) is 11.3 Å². The highest BCUT2D eigenvalue weighted by atomic mass is 35.5. The third kappa shape index (κ3) is 1.39. The van der Waals surface area contributed by atoms with Crippen molar-refractivity contribution in [1.29, 1.82) is 0 Å². The molecule has 1 aliphatic rings. The van der Waals surface area contributed by atoms with Gasteiger partial charge in [-0.05, 0) is 23.2 Å². The second-order valence-electron chi connectivity index (χ2n) is 3.00. The van der Waals surface area contributed by atoms with Crippen molar-refractivity contribution in [2.24, 2.45) is 0 Å². The van der Waals surface area contributed by atoms with E-state index in [0.717, 1.165) is 5.56 Å². The average Bonchev–Trinajstić information content (AvgIpc) is 2.46. The number of rotatable bonds is 1. The van der Waals surface area contributed by atoms with Gasteiger partial charge in [0.05, 0.1) is 17.2 Å². The van der Waals surface area contributed by atoms with Crippen LogP contribution >= 0.6 is 11.6 Å². The van der Waals surface area contributed by atoms with E-state index >= 15 is 0 Å². The number of carbonyl (C=O) groups is 1. The zero-order valence-corrected chi connectivity index (χ0v) is 7.78. The first-order chi connectivity index (χ1) is 6.59. The van der Waals surface area contributed by atoms with Gasteiger partial charge in [-0.3, -0.25) is 0 Å². The first-order valence-electron chi connectivity index (χ1n) is 3.95. The topological polar surface area (TPSA) is 66.8 Å². The number of benzene rings is 1. The fourth-order valence-electron chi connectivity index (χ4n) is 1.41. The van der Waals surface area contributed by atoms with Crippen molar-refractivity contribution >= 4 is 30.2 Å². The standard InChI is InChI=1S/C8H6BClO4/c10-7-1-4-3-14-9(13)6(4)2-5(7)8(11)12/h1-2,13H,3H2,(H,11,12). The Morgan fingerprint density at radius 1 is 1.57 bits per heavy atom. The third-order valence-electron chi connectivity index (χ3n) is 2.12. The van der Waals surface area contributed by atoms with E-state index in [1.807, 2.05) is 0 Å². The van der Waals surface area contributed by atoms with Gasteiger partial charge in [-0.15, -0.1) is 0 Å². The van der Waals surface area contributed by atoms with Crippen molar-refractivity contribution < 1.29 is 19.6 Å². The van der Waals surface area contributed by atoms with Crippen LogP contribution in [0.15, 0.2) is 12.1 Å². The minimum Gasteiger partial charge on any atom is -0.478 e. The summed E-state index contributed by atoms with van der Waals surface area (Å²) in [6, 6.07) is 2.86. The molecule has 2 N–H and O–H groups in total. The van der Waals surface area contributed by atoms with Crippen molar-refractivity contribution in [3.05, 3.63) is 28.3 Å². The lowest BCUT2D eigenvalue weighted by Crippen LogP contribution is -2.28. The monoisotopic (exact) mass is 212 g/mol. The molecule has 1 aromatic carbocycles. The van der Waals surface area contributed by atoms with Gasteiger partial charge < -0.3 is 14.8 Å². The van der Waals surface area contributed by atoms with Gasteiger partial charge in [0.25, 0.3) is 0 Å². The molecule has 1 aromatic rings. The number of aromatic carboxylic acids is 1. The van der Waals surface area contributed by atoms with Crippen LogP contribution in [0.2, 0.25) is 5.02 Å². The lowest BCUT2D eigenvalue weighted by molar-refractivity contribution is 0.0697. The average molecular weight is 212 g/mol. The van der Waals surface area contributed by atoms with E-state index in [1.54, 1.807) is 0 Å². The minimum absolute atomic E-state index is 0.0185. The van der Waals surface area contributed by atoms with Gasteiger partial charge in [-0.25, -0.2) is 4.79 Å². The molecule has 0 radical (unpaired) electrons. The van der Waals surface area contributed by atoms with Crippen molar-refractivity contribution in [2.45, 2.75) is 6.61 Å². The third-order valence-corrected chi connectivity index (χ3v) is 2.43. The van der Waals surface area contributed by atoms with Gasteiger partial charge >= 0.3 is 13.1 Å². The highest BCUT2D eigenvalue weighted by Crippen LogP contribution is 2.20. The zero-order chi connectivity index (χ0) is 10.3. The zero-order valence-electron chi connectivity index (χ0n) is 7.03. The van der Waals surface area contributed by atoms with Crippen LogP contribution in [0.25, 0.3) is 0 Å². The van der Waals surface area contributed by atoms with E-state index < -0.39 is 13.1 Å². The Bertz CT molecular complexity index is 407. The predicted molar refractivity (Wildman–Crippen MR) is 50.8 cm³/mol. The quantitative estimate of drug-likeness (QED) is 0.655. The molecule has 1 heterocycles. The summed E-state index contributed by atoms with van der Waals surface area (Å²) in [6.45, 7) is 0.260. The first kappa shape index (κ1) is 9.52. The maximum atomic E-state index is 10.7. The maximum Gasteiger partial charge on any atom is 0.491 e. The summed E-state index contributed by atoms with van der Waals surface area (Å²) in [4.78, 5) is 10.7. The van der Waals surface area contributed by atoms with Crippen molar-refractivity contribution in [3.8, 4) is 0 Å². The SMILES string of the molecule is O=C(O)c1cc2c(cc1Cl)COB2O. The largest absolute Gasteiger partial charge is 0.491 e. The summed E-state index contributed by atoms with van der Waals surface area (Å²) in [5.41, 5.74) is 1.19. The van der Waals surface area contributed by atoms with E-state index in [1.165, 1.54) is 12.1 Å². The summed E-state index contributed by atoms with van der Waals surface area (Å²) in [5.74, 6) is -1.11. The van der Waals surface area contributed by atoms with E-state index in [-0.39, 0.29) is 17.2 Å². The Morgan fingerprint density at radius 3 is 2.93 bits per heavy atom. The minimum atomic E-state index is -1.11. The van der Waals surface area contributed by atoms with Crippen molar-refractivity contribution in [1.82, 2.24) is 0 Å². The molecule has 0 bridgehead atoms. The number of carboxylic acid groups (broad SMARTS) is 1. The van der Waals surface area contributed by atoms with Crippen LogP contribution in [0.4, 0.5) is 0 Å². The van der Waals surface area contributed by atoms with Crippen LogP contribution in [-0.4, -0.2) is 23.2 Å². The van der Waals surface area contributed by atoms with Gasteiger partial charge in [0.2, 0.25) is 0 Å². The summed E-state index contributed by atoms with van der Waals surface area (Å²) < 4.78 is 4.92. The van der Waals surface area contributed by atoms with Gasteiger partial charge in [0.1, 0.15) is 0 Å². The molecule has 1 aliphatic heterocycles. The molecule has 14 heavy (non-hydrogen) atoms. The van der Waals surface area contributed by atoms with Gasteiger partial charge in [-0.2, -0.15) is 0 Å². The van der Waals surface area contributed by atoms with Crippen LogP contribution < -0.4 is 5.46 Å².